The van der Waals surface area contributed by atoms with Crippen molar-refractivity contribution in [2.24, 2.45) is 0 Å². The summed E-state index contributed by atoms with van der Waals surface area (Å²) in [6, 6.07) is 19.3. The molecule has 2 N–H and O–H groups in total. The number of nitrogens with two attached hydrogens (primary N) is 1. The van der Waals surface area contributed by atoms with Crippen LogP contribution in [0, 0.1) is 0 Å². The van der Waals surface area contributed by atoms with E-state index in [2.05, 4.69) is 0 Å². The number of anilines is 1. The molecule has 0 amide bonds. The van der Waals surface area contributed by atoms with Gasteiger partial charge in [-0.05, 0) is 42.5 Å². The molecule has 0 aliphatic rings. The molecule has 1 heterocycles. The van der Waals surface area contributed by atoms with E-state index in [1.54, 1.807) is 0 Å². The number of nitrogens with zero attached hydrogens (tertiary/aromatic N) is 1. The van der Waals surface area contributed by atoms with Crippen molar-refractivity contribution in [2.75, 3.05) is 5.73 Å². The first-order valence-corrected chi connectivity index (χ1v) is 6.09. The molecular formula is C16H14N2O. The Labute approximate surface area is 111 Å². The summed E-state index contributed by atoms with van der Waals surface area (Å²) in [6.45, 7) is 0. The van der Waals surface area contributed by atoms with Gasteiger partial charge in [-0.15, -0.1) is 0 Å². The number of ether oxygens (including phenoxy) is 1. The van der Waals surface area contributed by atoms with Gasteiger partial charge in [0.05, 0.1) is 5.69 Å². The maximum absolute atomic E-state index is 5.91. The lowest BCUT2D eigenvalue weighted by Crippen LogP contribution is -1.97. The maximum atomic E-state index is 5.91. The molecule has 0 fully saturated rings. The highest BCUT2D eigenvalue weighted by Crippen LogP contribution is 2.29. The minimum absolute atomic E-state index is 0.712. The highest BCUT2D eigenvalue weighted by atomic mass is 16.5. The fourth-order valence-electron chi connectivity index (χ4n) is 1.93. The summed E-state index contributed by atoms with van der Waals surface area (Å²) in [6.07, 6.45) is 3.93. The zero-order valence-electron chi connectivity index (χ0n) is 10.4. The Morgan fingerprint density at radius 2 is 1.58 bits per heavy atom. The third kappa shape index (κ3) is 2.45. The highest BCUT2D eigenvalue weighted by Gasteiger charge is 2.07. The van der Waals surface area contributed by atoms with Gasteiger partial charge < -0.3 is 15.0 Å². The quantitative estimate of drug-likeness (QED) is 0.717. The molecule has 19 heavy (non-hydrogen) atoms. The van der Waals surface area contributed by atoms with E-state index >= 15 is 0 Å². The first kappa shape index (κ1) is 11.4. The zero-order valence-corrected chi connectivity index (χ0v) is 10.4. The van der Waals surface area contributed by atoms with Gasteiger partial charge in [-0.2, -0.15) is 0 Å². The van der Waals surface area contributed by atoms with E-state index in [4.69, 9.17) is 10.5 Å². The highest BCUT2D eigenvalue weighted by molar-refractivity contribution is 5.57. The Balaban J connectivity index is 2.02. The maximum Gasteiger partial charge on any atom is 0.151 e. The van der Waals surface area contributed by atoms with Crippen LogP contribution in [0.1, 0.15) is 0 Å². The molecule has 0 aliphatic heterocycles. The number of hydrogen-bond donors (Lipinski definition) is 1. The summed E-state index contributed by atoms with van der Waals surface area (Å²) in [4.78, 5) is 0. The SMILES string of the molecule is Nc1ccc(Oc2ccccc2)c(-n2cccc2)c1. The molecule has 0 spiro atoms. The Kier molecular flexibility index (Phi) is 2.94. The third-order valence-corrected chi connectivity index (χ3v) is 2.84. The van der Waals surface area contributed by atoms with Gasteiger partial charge in [0.15, 0.2) is 5.75 Å². The van der Waals surface area contributed by atoms with Gasteiger partial charge in [-0.1, -0.05) is 18.2 Å². The number of rotatable bonds is 3. The van der Waals surface area contributed by atoms with Crippen LogP contribution in [0.2, 0.25) is 0 Å². The minimum atomic E-state index is 0.712. The standard InChI is InChI=1S/C16H14N2O/c17-13-8-9-16(19-14-6-2-1-3-7-14)15(12-13)18-10-4-5-11-18/h1-12H,17H2. The van der Waals surface area contributed by atoms with Crippen LogP contribution in [-0.4, -0.2) is 4.57 Å². The largest absolute Gasteiger partial charge is 0.455 e. The molecule has 3 heteroatoms. The summed E-state index contributed by atoms with van der Waals surface area (Å²) < 4.78 is 7.89. The number of para-hydroxylation sites is 1. The minimum Gasteiger partial charge on any atom is -0.455 e. The predicted molar refractivity (Wildman–Crippen MR) is 76.7 cm³/mol. The molecule has 94 valence electrons. The number of hydrogen-bond acceptors (Lipinski definition) is 2. The van der Waals surface area contributed by atoms with Crippen molar-refractivity contribution < 1.29 is 4.74 Å². The van der Waals surface area contributed by atoms with E-state index in [9.17, 15) is 0 Å². The van der Waals surface area contributed by atoms with Crippen molar-refractivity contribution in [3.8, 4) is 17.2 Å². The summed E-state index contributed by atoms with van der Waals surface area (Å²) in [5.74, 6) is 1.58. The predicted octanol–water partition coefficient (Wildman–Crippen LogP) is 3.85. The van der Waals surface area contributed by atoms with Crippen LogP contribution in [0.4, 0.5) is 5.69 Å². The van der Waals surface area contributed by atoms with Crippen molar-refractivity contribution in [3.63, 3.8) is 0 Å². The van der Waals surface area contributed by atoms with E-state index in [0.29, 0.717) is 5.69 Å². The van der Waals surface area contributed by atoms with Crippen molar-refractivity contribution in [2.45, 2.75) is 0 Å². The van der Waals surface area contributed by atoms with Crippen molar-refractivity contribution in [1.29, 1.82) is 0 Å². The van der Waals surface area contributed by atoms with Gasteiger partial charge in [0.2, 0.25) is 0 Å². The monoisotopic (exact) mass is 250 g/mol. The molecule has 3 nitrogen and oxygen atoms in total. The van der Waals surface area contributed by atoms with E-state index in [0.717, 1.165) is 17.2 Å². The van der Waals surface area contributed by atoms with Crippen LogP contribution in [0.3, 0.4) is 0 Å². The van der Waals surface area contributed by atoms with Crippen LogP contribution < -0.4 is 10.5 Å². The molecule has 3 aromatic rings. The Hall–Kier alpha value is -2.68. The number of benzene rings is 2. The fraction of sp³-hybridized carbons (Fsp3) is 0. The molecule has 0 saturated carbocycles. The molecular weight excluding hydrogens is 236 g/mol. The van der Waals surface area contributed by atoms with Gasteiger partial charge in [0.25, 0.3) is 0 Å². The molecule has 1 aromatic heterocycles. The molecule has 0 saturated heterocycles. The second-order valence-electron chi connectivity index (χ2n) is 4.23. The summed E-state index contributed by atoms with van der Waals surface area (Å²) in [5, 5.41) is 0. The average Bonchev–Trinajstić information content (AvgIpc) is 2.96. The second-order valence-corrected chi connectivity index (χ2v) is 4.23. The molecule has 0 radical (unpaired) electrons. The van der Waals surface area contributed by atoms with Gasteiger partial charge in [-0.3, -0.25) is 0 Å². The topological polar surface area (TPSA) is 40.2 Å². The van der Waals surface area contributed by atoms with Crippen LogP contribution in [0.25, 0.3) is 5.69 Å². The second kappa shape index (κ2) is 4.90. The van der Waals surface area contributed by atoms with Crippen LogP contribution in [-0.2, 0) is 0 Å². The van der Waals surface area contributed by atoms with Crippen molar-refractivity contribution >= 4 is 5.69 Å². The lowest BCUT2D eigenvalue weighted by Gasteiger charge is -2.12. The number of nitrogen functional groups attached to an aromatic ring is 1. The molecule has 0 bridgehead atoms. The average molecular weight is 250 g/mol. The Bertz CT molecular complexity index is 660. The van der Waals surface area contributed by atoms with Crippen LogP contribution in [0.15, 0.2) is 73.1 Å². The van der Waals surface area contributed by atoms with E-state index < -0.39 is 0 Å². The summed E-state index contributed by atoms with van der Waals surface area (Å²) in [5.41, 5.74) is 7.50. The number of aromatic nitrogens is 1. The first-order valence-electron chi connectivity index (χ1n) is 6.09. The van der Waals surface area contributed by atoms with Gasteiger partial charge in [-0.25, -0.2) is 0 Å². The zero-order chi connectivity index (χ0) is 13.1. The molecule has 0 unspecified atom stereocenters. The van der Waals surface area contributed by atoms with Crippen LogP contribution in [0.5, 0.6) is 11.5 Å². The van der Waals surface area contributed by atoms with Gasteiger partial charge >= 0.3 is 0 Å². The van der Waals surface area contributed by atoms with Crippen LogP contribution >= 0.6 is 0 Å². The molecule has 2 aromatic carbocycles. The molecule has 0 atom stereocenters. The van der Waals surface area contributed by atoms with E-state index in [1.165, 1.54) is 0 Å². The third-order valence-electron chi connectivity index (χ3n) is 2.84. The van der Waals surface area contributed by atoms with E-state index in [-0.39, 0.29) is 0 Å². The fourth-order valence-corrected chi connectivity index (χ4v) is 1.93. The van der Waals surface area contributed by atoms with Gasteiger partial charge in [0.1, 0.15) is 5.75 Å². The summed E-state index contributed by atoms with van der Waals surface area (Å²) in [7, 11) is 0. The lowest BCUT2D eigenvalue weighted by atomic mass is 10.2. The Morgan fingerprint density at radius 1 is 0.842 bits per heavy atom. The van der Waals surface area contributed by atoms with Crippen molar-refractivity contribution in [1.82, 2.24) is 4.57 Å². The first-order chi connectivity index (χ1) is 9.33. The van der Waals surface area contributed by atoms with Gasteiger partial charge in [0, 0.05) is 18.1 Å². The normalized spacial score (nSPS) is 10.3. The van der Waals surface area contributed by atoms with Crippen molar-refractivity contribution in [3.05, 3.63) is 73.1 Å². The molecule has 0 aliphatic carbocycles. The lowest BCUT2D eigenvalue weighted by molar-refractivity contribution is 0.480. The summed E-state index contributed by atoms with van der Waals surface area (Å²) >= 11 is 0. The smallest absolute Gasteiger partial charge is 0.151 e. The van der Waals surface area contributed by atoms with E-state index in [1.807, 2.05) is 77.6 Å². The Morgan fingerprint density at radius 3 is 2.32 bits per heavy atom. The molecule has 3 rings (SSSR count).